The summed E-state index contributed by atoms with van der Waals surface area (Å²) in [5.41, 5.74) is 5.37. The molecule has 3 aliphatic heterocycles. The van der Waals surface area contributed by atoms with Crippen molar-refractivity contribution in [1.29, 1.82) is 0 Å². The lowest BCUT2D eigenvalue weighted by Crippen LogP contribution is -2.46. The Morgan fingerprint density at radius 2 is 1.91 bits per heavy atom. The Bertz CT molecular complexity index is 1130. The minimum atomic E-state index is -0.550. The van der Waals surface area contributed by atoms with E-state index in [1.807, 2.05) is 31.2 Å². The van der Waals surface area contributed by atoms with Crippen molar-refractivity contribution >= 4 is 45.1 Å². The number of β-amino-alcohol motifs (C(OH)–C–C–N with tert-alkyl or cyclic N) is 1. The van der Waals surface area contributed by atoms with Crippen molar-refractivity contribution in [2.75, 3.05) is 38.0 Å². The Morgan fingerprint density at radius 3 is 2.70 bits per heavy atom. The number of aromatic amines is 1. The van der Waals surface area contributed by atoms with E-state index in [2.05, 4.69) is 31.1 Å². The van der Waals surface area contributed by atoms with Crippen molar-refractivity contribution < 1.29 is 14.7 Å². The molecule has 3 aliphatic rings. The van der Waals surface area contributed by atoms with Crippen molar-refractivity contribution in [3.05, 3.63) is 50.8 Å². The molecule has 0 saturated carbocycles. The van der Waals surface area contributed by atoms with Crippen LogP contribution in [-0.2, 0) is 11.2 Å². The summed E-state index contributed by atoms with van der Waals surface area (Å²) in [6.07, 6.45) is 5.61. The summed E-state index contributed by atoms with van der Waals surface area (Å²) in [5.74, 6) is -0.206. The van der Waals surface area contributed by atoms with Gasteiger partial charge in [0.2, 0.25) is 0 Å². The second kappa shape index (κ2) is 9.08. The predicted octanol–water partition coefficient (Wildman–Crippen LogP) is 3.42. The normalized spacial score (nSPS) is 20.7. The van der Waals surface area contributed by atoms with Crippen LogP contribution in [0.15, 0.2) is 22.7 Å². The van der Waals surface area contributed by atoms with E-state index in [4.69, 9.17) is 0 Å². The summed E-state index contributed by atoms with van der Waals surface area (Å²) in [5, 5.41) is 13.5. The van der Waals surface area contributed by atoms with Crippen LogP contribution in [0, 0.1) is 6.92 Å². The SMILES string of the molecule is Cc1c(/C=C2\C(=O)Nc3cccc(Br)c32)[nH]c2c1C(=O)N(CC(O)CN1CCCCC1)CC2. The van der Waals surface area contributed by atoms with Crippen LogP contribution < -0.4 is 5.32 Å². The highest BCUT2D eigenvalue weighted by Gasteiger charge is 2.32. The summed E-state index contributed by atoms with van der Waals surface area (Å²) >= 11 is 3.55. The number of aromatic nitrogens is 1. The van der Waals surface area contributed by atoms with Crippen LogP contribution in [-0.4, -0.2) is 70.5 Å². The molecular formula is C25H29BrN4O3. The molecule has 3 N–H and O–H groups in total. The Labute approximate surface area is 202 Å². The van der Waals surface area contributed by atoms with Crippen LogP contribution in [0.1, 0.15) is 52.1 Å². The zero-order valence-corrected chi connectivity index (χ0v) is 20.4. The Kier molecular flexibility index (Phi) is 6.16. The van der Waals surface area contributed by atoms with Gasteiger partial charge >= 0.3 is 0 Å². The van der Waals surface area contributed by atoms with E-state index >= 15 is 0 Å². The van der Waals surface area contributed by atoms with Crippen LogP contribution in [0.2, 0.25) is 0 Å². The van der Waals surface area contributed by atoms with Crippen LogP contribution in [0.5, 0.6) is 0 Å². The Hall–Kier alpha value is -2.42. The van der Waals surface area contributed by atoms with Gasteiger partial charge in [-0.1, -0.05) is 28.4 Å². The maximum Gasteiger partial charge on any atom is 0.256 e. The first kappa shape index (κ1) is 22.4. The summed E-state index contributed by atoms with van der Waals surface area (Å²) in [6.45, 7) is 5.50. The third-order valence-corrected chi connectivity index (χ3v) is 7.57. The number of aliphatic hydroxyl groups excluding tert-OH is 1. The lowest BCUT2D eigenvalue weighted by atomic mass is 10.0. The third-order valence-electron chi connectivity index (χ3n) is 6.91. The smallest absolute Gasteiger partial charge is 0.256 e. The fraction of sp³-hybridized carbons (Fsp3) is 0.440. The maximum atomic E-state index is 13.3. The second-order valence-corrected chi connectivity index (χ2v) is 10.1. The van der Waals surface area contributed by atoms with E-state index in [0.29, 0.717) is 37.2 Å². The molecule has 33 heavy (non-hydrogen) atoms. The molecule has 0 radical (unpaired) electrons. The van der Waals surface area contributed by atoms with E-state index in [9.17, 15) is 14.7 Å². The summed E-state index contributed by atoms with van der Waals surface area (Å²) in [4.78, 5) is 33.4. The highest BCUT2D eigenvalue weighted by molar-refractivity contribution is 9.10. The number of benzene rings is 1. The molecule has 0 aliphatic carbocycles. The molecule has 174 valence electrons. The molecule has 5 rings (SSSR count). The number of carbonyl (C=O) groups is 2. The molecule has 1 atom stereocenters. The molecule has 4 heterocycles. The van der Waals surface area contributed by atoms with Gasteiger partial charge in [-0.25, -0.2) is 0 Å². The lowest BCUT2D eigenvalue weighted by molar-refractivity contribution is -0.110. The molecule has 8 heteroatoms. The molecule has 1 saturated heterocycles. The number of fused-ring (bicyclic) bond motifs is 2. The number of likely N-dealkylation sites (tertiary alicyclic amines) is 1. The lowest BCUT2D eigenvalue weighted by Gasteiger charge is -2.32. The molecule has 2 aromatic rings. The van der Waals surface area contributed by atoms with Crippen molar-refractivity contribution in [2.24, 2.45) is 0 Å². The second-order valence-electron chi connectivity index (χ2n) is 9.21. The number of anilines is 1. The van der Waals surface area contributed by atoms with Gasteiger partial charge in [-0.05, 0) is 56.6 Å². The molecule has 1 aromatic carbocycles. The van der Waals surface area contributed by atoms with Crippen molar-refractivity contribution in [3.8, 4) is 0 Å². The molecule has 0 bridgehead atoms. The zero-order chi connectivity index (χ0) is 23.1. The average molecular weight is 513 g/mol. The monoisotopic (exact) mass is 512 g/mol. The molecule has 1 fully saturated rings. The summed E-state index contributed by atoms with van der Waals surface area (Å²) < 4.78 is 0.850. The number of piperidine rings is 1. The number of aliphatic hydroxyl groups is 1. The molecule has 7 nitrogen and oxygen atoms in total. The maximum absolute atomic E-state index is 13.3. The van der Waals surface area contributed by atoms with Gasteiger partial charge in [-0.2, -0.15) is 0 Å². The van der Waals surface area contributed by atoms with Gasteiger partial charge in [0.25, 0.3) is 11.8 Å². The molecular weight excluding hydrogens is 484 g/mol. The van der Waals surface area contributed by atoms with Crippen molar-refractivity contribution in [1.82, 2.24) is 14.8 Å². The van der Waals surface area contributed by atoms with Crippen molar-refractivity contribution in [3.63, 3.8) is 0 Å². The van der Waals surface area contributed by atoms with Gasteiger partial charge in [0.15, 0.2) is 0 Å². The highest BCUT2D eigenvalue weighted by Crippen LogP contribution is 2.39. The third kappa shape index (κ3) is 4.27. The van der Waals surface area contributed by atoms with Gasteiger partial charge in [0.1, 0.15) is 0 Å². The Morgan fingerprint density at radius 1 is 1.12 bits per heavy atom. The average Bonchev–Trinajstić information content (AvgIpc) is 3.28. The van der Waals surface area contributed by atoms with Crippen LogP contribution in [0.4, 0.5) is 5.69 Å². The number of nitrogens with zero attached hydrogens (tertiary/aromatic N) is 2. The number of hydrogen-bond donors (Lipinski definition) is 3. The van der Waals surface area contributed by atoms with Gasteiger partial charge in [0, 0.05) is 47.5 Å². The quantitative estimate of drug-likeness (QED) is 0.535. The van der Waals surface area contributed by atoms with E-state index in [0.717, 1.165) is 45.8 Å². The molecule has 0 spiro atoms. The topological polar surface area (TPSA) is 88.7 Å². The van der Waals surface area contributed by atoms with Crippen molar-refractivity contribution in [2.45, 2.75) is 38.7 Å². The summed E-state index contributed by atoms with van der Waals surface area (Å²) in [7, 11) is 0. The van der Waals surface area contributed by atoms with E-state index in [1.54, 1.807) is 4.90 Å². The first-order valence-corrected chi connectivity index (χ1v) is 12.4. The van der Waals surface area contributed by atoms with Crippen LogP contribution in [0.25, 0.3) is 11.6 Å². The highest BCUT2D eigenvalue weighted by atomic mass is 79.9. The number of amides is 2. The molecule has 1 aromatic heterocycles. The van der Waals surface area contributed by atoms with Crippen LogP contribution >= 0.6 is 15.9 Å². The van der Waals surface area contributed by atoms with Gasteiger partial charge < -0.3 is 25.2 Å². The number of hydrogen-bond acceptors (Lipinski definition) is 4. The minimum absolute atomic E-state index is 0.0511. The van der Waals surface area contributed by atoms with Gasteiger partial charge in [0.05, 0.1) is 22.9 Å². The summed E-state index contributed by atoms with van der Waals surface area (Å²) in [6, 6.07) is 5.68. The van der Waals surface area contributed by atoms with E-state index < -0.39 is 6.10 Å². The predicted molar refractivity (Wildman–Crippen MR) is 132 cm³/mol. The van der Waals surface area contributed by atoms with E-state index in [-0.39, 0.29) is 11.8 Å². The minimum Gasteiger partial charge on any atom is -0.390 e. The first-order valence-electron chi connectivity index (χ1n) is 11.7. The number of rotatable bonds is 5. The van der Waals surface area contributed by atoms with E-state index in [1.165, 1.54) is 19.3 Å². The van der Waals surface area contributed by atoms with Gasteiger partial charge in [-0.3, -0.25) is 9.59 Å². The van der Waals surface area contributed by atoms with Crippen LogP contribution in [0.3, 0.4) is 0 Å². The molecule has 2 amide bonds. The number of carbonyl (C=O) groups excluding carboxylic acids is 2. The molecule has 1 unspecified atom stereocenters. The van der Waals surface area contributed by atoms with Gasteiger partial charge in [-0.15, -0.1) is 0 Å². The fourth-order valence-electron chi connectivity index (χ4n) is 5.22. The number of nitrogens with one attached hydrogen (secondary N) is 2. The number of H-pyrrole nitrogens is 1. The zero-order valence-electron chi connectivity index (χ0n) is 18.8. The first-order chi connectivity index (χ1) is 15.9. The fourth-order valence-corrected chi connectivity index (χ4v) is 5.80. The largest absolute Gasteiger partial charge is 0.390 e. The Balaban J connectivity index is 1.36. The number of halogens is 1. The standard InChI is InChI=1S/C25H29BrN4O3/c1-15-21(12-17-23-18(26)6-5-7-19(23)28-24(17)32)27-20-8-11-30(25(33)22(15)20)14-16(31)13-29-9-3-2-4-10-29/h5-7,12,16,27,31H,2-4,8-11,13-14H2,1H3,(H,28,32)/b17-12-.